The minimum absolute atomic E-state index is 0.889. The van der Waals surface area contributed by atoms with Crippen LogP contribution in [-0.2, 0) is 6.54 Å². The van der Waals surface area contributed by atoms with Crippen LogP contribution in [0.2, 0.25) is 0 Å². The molecule has 2 heterocycles. The van der Waals surface area contributed by atoms with Gasteiger partial charge in [-0.25, -0.2) is 0 Å². The Morgan fingerprint density at radius 2 is 1.71 bits per heavy atom. The van der Waals surface area contributed by atoms with Gasteiger partial charge in [0.05, 0.1) is 17.9 Å². The van der Waals surface area contributed by atoms with Gasteiger partial charge in [-0.15, -0.1) is 5.73 Å². The molecule has 1 aliphatic rings. The van der Waals surface area contributed by atoms with E-state index in [1.165, 1.54) is 22.3 Å². The van der Waals surface area contributed by atoms with Crippen LogP contribution in [0.15, 0.2) is 91.3 Å². The van der Waals surface area contributed by atoms with Crippen LogP contribution in [0.3, 0.4) is 0 Å². The van der Waals surface area contributed by atoms with E-state index in [4.69, 9.17) is 0 Å². The maximum atomic E-state index is 4.62. The molecule has 0 amide bonds. The fourth-order valence-corrected chi connectivity index (χ4v) is 5.14. The number of fused-ring (bicyclic) bond motifs is 1. The van der Waals surface area contributed by atoms with Crippen molar-refractivity contribution in [2.24, 2.45) is 0 Å². The van der Waals surface area contributed by atoms with Gasteiger partial charge in [-0.2, -0.15) is 0 Å². The Morgan fingerprint density at radius 3 is 2.47 bits per heavy atom. The van der Waals surface area contributed by atoms with Crippen LogP contribution in [0, 0.1) is 13.8 Å². The highest BCUT2D eigenvalue weighted by Crippen LogP contribution is 2.29. The molecule has 1 saturated heterocycles. The van der Waals surface area contributed by atoms with Crippen molar-refractivity contribution >= 4 is 16.6 Å². The SMILES string of the molecule is C=C=C(c1ccc(-c2cccc3cccnc23)cc1)N1CCCN(Cc2cc(C)cc(C)c2)C1. The fourth-order valence-electron chi connectivity index (χ4n) is 5.14. The van der Waals surface area contributed by atoms with Gasteiger partial charge < -0.3 is 4.90 Å². The van der Waals surface area contributed by atoms with E-state index >= 15 is 0 Å². The molecule has 1 aromatic heterocycles. The van der Waals surface area contributed by atoms with Gasteiger partial charge >= 0.3 is 0 Å². The molecule has 0 unspecified atom stereocenters. The van der Waals surface area contributed by atoms with E-state index in [1.54, 1.807) is 0 Å². The predicted molar refractivity (Wildman–Crippen MR) is 142 cm³/mol. The highest BCUT2D eigenvalue weighted by Gasteiger charge is 2.20. The zero-order valence-corrected chi connectivity index (χ0v) is 20.1. The minimum Gasteiger partial charge on any atom is -0.352 e. The summed E-state index contributed by atoms with van der Waals surface area (Å²) in [4.78, 5) is 9.55. The highest BCUT2D eigenvalue weighted by atomic mass is 15.3. The first-order valence-electron chi connectivity index (χ1n) is 12.0. The van der Waals surface area contributed by atoms with Crippen molar-refractivity contribution in [2.75, 3.05) is 19.8 Å². The summed E-state index contributed by atoms with van der Waals surface area (Å²) in [6, 6.07) is 26.0. The molecule has 34 heavy (non-hydrogen) atoms. The van der Waals surface area contributed by atoms with Gasteiger partial charge in [-0.1, -0.05) is 84.4 Å². The molecule has 4 aromatic rings. The zero-order valence-electron chi connectivity index (χ0n) is 20.1. The summed E-state index contributed by atoms with van der Waals surface area (Å²) in [5.74, 6) is 0. The number of rotatable bonds is 5. The number of pyridine rings is 1. The topological polar surface area (TPSA) is 19.4 Å². The third kappa shape index (κ3) is 4.68. The Kier molecular flexibility index (Phi) is 6.31. The van der Waals surface area contributed by atoms with Gasteiger partial charge in [0.2, 0.25) is 0 Å². The maximum Gasteiger partial charge on any atom is 0.0877 e. The lowest BCUT2D eigenvalue weighted by Crippen LogP contribution is -2.43. The van der Waals surface area contributed by atoms with Gasteiger partial charge in [-0.05, 0) is 37.5 Å². The highest BCUT2D eigenvalue weighted by molar-refractivity contribution is 5.93. The van der Waals surface area contributed by atoms with Crippen LogP contribution in [0.5, 0.6) is 0 Å². The summed E-state index contributed by atoms with van der Waals surface area (Å²) in [7, 11) is 0. The van der Waals surface area contributed by atoms with Crippen molar-refractivity contribution in [1.29, 1.82) is 0 Å². The summed E-state index contributed by atoms with van der Waals surface area (Å²) in [5, 5.41) is 1.16. The Bertz CT molecular complexity index is 1340. The van der Waals surface area contributed by atoms with Crippen LogP contribution in [0.4, 0.5) is 0 Å². The van der Waals surface area contributed by atoms with Crippen LogP contribution >= 0.6 is 0 Å². The first-order valence-corrected chi connectivity index (χ1v) is 12.0. The van der Waals surface area contributed by atoms with E-state index in [9.17, 15) is 0 Å². The van der Waals surface area contributed by atoms with E-state index in [1.807, 2.05) is 12.3 Å². The Hall–Kier alpha value is -3.65. The number of para-hydroxylation sites is 1. The Morgan fingerprint density at radius 1 is 0.941 bits per heavy atom. The first kappa shape index (κ1) is 22.2. The van der Waals surface area contributed by atoms with Gasteiger partial charge in [0, 0.05) is 42.3 Å². The van der Waals surface area contributed by atoms with Gasteiger partial charge in [0.15, 0.2) is 0 Å². The van der Waals surface area contributed by atoms with Crippen molar-refractivity contribution < 1.29 is 0 Å². The number of aromatic nitrogens is 1. The molecule has 3 heteroatoms. The van der Waals surface area contributed by atoms with E-state index in [2.05, 4.69) is 108 Å². The average molecular weight is 446 g/mol. The van der Waals surface area contributed by atoms with E-state index < -0.39 is 0 Å². The molecule has 1 aliphatic heterocycles. The molecule has 0 N–H and O–H groups in total. The molecular weight excluding hydrogens is 414 g/mol. The molecule has 0 atom stereocenters. The molecule has 1 fully saturated rings. The van der Waals surface area contributed by atoms with Crippen LogP contribution in [-0.4, -0.2) is 34.5 Å². The third-order valence-electron chi connectivity index (χ3n) is 6.55. The lowest BCUT2D eigenvalue weighted by Gasteiger charge is -2.37. The minimum atomic E-state index is 0.889. The molecule has 3 nitrogen and oxygen atoms in total. The van der Waals surface area contributed by atoms with E-state index in [-0.39, 0.29) is 0 Å². The summed E-state index contributed by atoms with van der Waals surface area (Å²) >= 11 is 0. The Balaban J connectivity index is 1.35. The third-order valence-corrected chi connectivity index (χ3v) is 6.55. The second-order valence-electron chi connectivity index (χ2n) is 9.29. The largest absolute Gasteiger partial charge is 0.352 e. The molecule has 0 radical (unpaired) electrons. The molecule has 0 spiro atoms. The monoisotopic (exact) mass is 445 g/mol. The lowest BCUT2D eigenvalue weighted by atomic mass is 10.00. The average Bonchev–Trinajstić information content (AvgIpc) is 2.84. The Labute approximate surface area is 202 Å². The van der Waals surface area contributed by atoms with Crippen molar-refractivity contribution in [3.63, 3.8) is 0 Å². The molecular formula is C31H31N3. The molecule has 0 aliphatic carbocycles. The van der Waals surface area contributed by atoms with Gasteiger partial charge in [0.1, 0.15) is 0 Å². The van der Waals surface area contributed by atoms with Crippen molar-refractivity contribution in [1.82, 2.24) is 14.8 Å². The second-order valence-corrected chi connectivity index (χ2v) is 9.29. The lowest BCUT2D eigenvalue weighted by molar-refractivity contribution is 0.125. The van der Waals surface area contributed by atoms with Crippen molar-refractivity contribution in [2.45, 2.75) is 26.8 Å². The molecule has 0 bridgehead atoms. The molecule has 0 saturated carbocycles. The standard InChI is InChI=1S/C31H31N3/c1-4-30(34-17-7-16-33(22-34)21-25-19-23(2)18-24(3)20-25)27-13-11-26(12-14-27)29-10-5-8-28-9-6-15-32-31(28)29/h5-6,8-15,18-20H,1,7,16-17,21-22H2,2-3H3. The number of hydrogen-bond donors (Lipinski definition) is 0. The van der Waals surface area contributed by atoms with Gasteiger partial charge in [0.25, 0.3) is 0 Å². The predicted octanol–water partition coefficient (Wildman–Crippen LogP) is 6.81. The molecule has 5 rings (SSSR count). The van der Waals surface area contributed by atoms with Crippen molar-refractivity contribution in [3.05, 3.63) is 114 Å². The van der Waals surface area contributed by atoms with Crippen LogP contribution in [0.1, 0.15) is 28.7 Å². The van der Waals surface area contributed by atoms with E-state index in [0.717, 1.165) is 60.5 Å². The van der Waals surface area contributed by atoms with E-state index in [0.29, 0.717) is 0 Å². The normalized spacial score (nSPS) is 14.2. The summed E-state index contributed by atoms with van der Waals surface area (Å²) in [6.07, 6.45) is 2.99. The number of hydrogen-bond acceptors (Lipinski definition) is 3. The summed E-state index contributed by atoms with van der Waals surface area (Å²) < 4.78 is 0. The summed E-state index contributed by atoms with van der Waals surface area (Å²) in [6.45, 7) is 12.4. The van der Waals surface area contributed by atoms with Gasteiger partial charge in [-0.3, -0.25) is 9.88 Å². The smallest absolute Gasteiger partial charge is 0.0877 e. The molecule has 170 valence electrons. The quantitative estimate of drug-likeness (QED) is 0.315. The summed E-state index contributed by atoms with van der Waals surface area (Å²) in [5.41, 5.74) is 12.9. The maximum absolute atomic E-state index is 4.62. The first-order chi connectivity index (χ1) is 16.6. The fraction of sp³-hybridized carbons (Fsp3) is 0.226. The zero-order chi connectivity index (χ0) is 23.5. The number of aryl methyl sites for hydroxylation is 2. The number of nitrogens with zero attached hydrogens (tertiary/aromatic N) is 3. The number of benzene rings is 3. The second kappa shape index (κ2) is 9.69. The van der Waals surface area contributed by atoms with Crippen LogP contribution in [0.25, 0.3) is 27.7 Å². The van der Waals surface area contributed by atoms with Crippen LogP contribution < -0.4 is 0 Å². The molecule has 3 aromatic carbocycles. The van der Waals surface area contributed by atoms with Crippen molar-refractivity contribution in [3.8, 4) is 11.1 Å².